The lowest BCUT2D eigenvalue weighted by Crippen LogP contribution is -2.17. The van der Waals surface area contributed by atoms with Crippen molar-refractivity contribution in [3.8, 4) is 17.2 Å². The topological polar surface area (TPSA) is 159 Å². The molecular formula is C21H17N5O7. The minimum atomic E-state index is -0.769. The van der Waals surface area contributed by atoms with E-state index in [-0.39, 0.29) is 23.9 Å². The maximum atomic E-state index is 12.0. The molecule has 0 unspecified atom stereocenters. The first-order valence-corrected chi connectivity index (χ1v) is 9.50. The summed E-state index contributed by atoms with van der Waals surface area (Å²) >= 11 is 0. The number of carbonyl (C=O) groups excluding carboxylic acids is 1. The number of ether oxygens (including phenoxy) is 2. The van der Waals surface area contributed by atoms with Gasteiger partial charge in [-0.3, -0.25) is 30.0 Å². The van der Waals surface area contributed by atoms with Crippen LogP contribution >= 0.6 is 0 Å². The maximum Gasteiger partial charge on any atom is 0.318 e. The molecule has 2 aromatic carbocycles. The first-order chi connectivity index (χ1) is 15.9. The number of nitrogens with zero attached hydrogens (tertiary/aromatic N) is 4. The number of carbonyl (C=O) groups is 1. The Morgan fingerprint density at radius 1 is 1.03 bits per heavy atom. The number of aromatic nitrogens is 1. The number of hydrogen-bond donors (Lipinski definition) is 1. The number of nitro benzene ring substituents is 2. The van der Waals surface area contributed by atoms with Gasteiger partial charge < -0.3 is 9.47 Å². The van der Waals surface area contributed by atoms with Gasteiger partial charge in [0.05, 0.1) is 28.7 Å². The van der Waals surface area contributed by atoms with E-state index in [1.165, 1.54) is 24.7 Å². The Morgan fingerprint density at radius 3 is 2.42 bits per heavy atom. The molecule has 12 heteroatoms. The highest BCUT2D eigenvalue weighted by Crippen LogP contribution is 2.38. The second-order valence-corrected chi connectivity index (χ2v) is 6.34. The van der Waals surface area contributed by atoms with Crippen LogP contribution in [0.5, 0.6) is 17.2 Å². The van der Waals surface area contributed by atoms with E-state index >= 15 is 0 Å². The van der Waals surface area contributed by atoms with Crippen molar-refractivity contribution in [3.63, 3.8) is 0 Å². The highest BCUT2D eigenvalue weighted by Gasteiger charge is 2.22. The van der Waals surface area contributed by atoms with Crippen molar-refractivity contribution in [2.24, 2.45) is 5.10 Å². The van der Waals surface area contributed by atoms with Gasteiger partial charge in [0.1, 0.15) is 0 Å². The Morgan fingerprint density at radius 2 is 1.76 bits per heavy atom. The van der Waals surface area contributed by atoms with Crippen LogP contribution in [0.25, 0.3) is 0 Å². The number of rotatable bonds is 9. The number of hydrogen-bond acceptors (Lipinski definition) is 9. The molecule has 1 amide bonds. The second-order valence-electron chi connectivity index (χ2n) is 6.34. The van der Waals surface area contributed by atoms with Gasteiger partial charge in [-0.2, -0.15) is 5.10 Å². The summed E-state index contributed by atoms with van der Waals surface area (Å²) in [5, 5.41) is 26.2. The van der Waals surface area contributed by atoms with Crippen LogP contribution in [0.15, 0.2) is 66.0 Å². The van der Waals surface area contributed by atoms with Gasteiger partial charge >= 0.3 is 5.69 Å². The molecule has 3 rings (SSSR count). The average molecular weight is 451 g/mol. The molecule has 12 nitrogen and oxygen atoms in total. The summed E-state index contributed by atoms with van der Waals surface area (Å²) in [5.41, 5.74) is 2.35. The van der Waals surface area contributed by atoms with Gasteiger partial charge in [0.15, 0.2) is 11.5 Å². The van der Waals surface area contributed by atoms with Crippen LogP contribution in [-0.2, 0) is 0 Å². The van der Waals surface area contributed by atoms with E-state index < -0.39 is 27.1 Å². The lowest BCUT2D eigenvalue weighted by atomic mass is 10.2. The van der Waals surface area contributed by atoms with Crippen LogP contribution in [0.3, 0.4) is 0 Å². The smallest absolute Gasteiger partial charge is 0.318 e. The summed E-state index contributed by atoms with van der Waals surface area (Å²) in [5.74, 6) is -0.178. The average Bonchev–Trinajstić information content (AvgIpc) is 2.81. The van der Waals surface area contributed by atoms with Gasteiger partial charge in [0.25, 0.3) is 11.6 Å². The van der Waals surface area contributed by atoms with Crippen LogP contribution in [0.1, 0.15) is 22.8 Å². The molecule has 3 aromatic rings. The lowest BCUT2D eigenvalue weighted by molar-refractivity contribution is -0.394. The van der Waals surface area contributed by atoms with Crippen LogP contribution in [0.4, 0.5) is 11.4 Å². The first kappa shape index (κ1) is 22.8. The van der Waals surface area contributed by atoms with Gasteiger partial charge in [-0.1, -0.05) is 0 Å². The van der Waals surface area contributed by atoms with E-state index in [1.807, 2.05) is 0 Å². The molecule has 1 aromatic heterocycles. The number of hydrazone groups is 1. The molecule has 0 fully saturated rings. The largest absolute Gasteiger partial charge is 0.490 e. The van der Waals surface area contributed by atoms with Crippen molar-refractivity contribution in [2.45, 2.75) is 6.92 Å². The highest BCUT2D eigenvalue weighted by atomic mass is 16.6. The number of pyridine rings is 1. The predicted octanol–water partition coefficient (Wildman–Crippen LogP) is 3.85. The van der Waals surface area contributed by atoms with Crippen molar-refractivity contribution in [1.29, 1.82) is 0 Å². The van der Waals surface area contributed by atoms with Crippen LogP contribution in [0.2, 0.25) is 0 Å². The lowest BCUT2D eigenvalue weighted by Gasteiger charge is -2.12. The van der Waals surface area contributed by atoms with E-state index in [0.717, 1.165) is 18.2 Å². The summed E-state index contributed by atoms with van der Waals surface area (Å²) in [6.45, 7) is 2.02. The molecule has 0 bridgehead atoms. The Hall–Kier alpha value is -4.87. The zero-order valence-corrected chi connectivity index (χ0v) is 17.2. The zero-order chi connectivity index (χ0) is 23.8. The van der Waals surface area contributed by atoms with Crippen LogP contribution < -0.4 is 14.9 Å². The Kier molecular flexibility index (Phi) is 7.21. The van der Waals surface area contributed by atoms with E-state index in [1.54, 1.807) is 31.2 Å². The number of benzene rings is 2. The molecule has 1 heterocycles. The monoisotopic (exact) mass is 451 g/mol. The molecule has 1 N–H and O–H groups in total. The molecule has 0 aliphatic heterocycles. The number of amides is 1. The zero-order valence-electron chi connectivity index (χ0n) is 17.2. The molecule has 0 atom stereocenters. The molecule has 33 heavy (non-hydrogen) atoms. The minimum absolute atomic E-state index is 0.159. The van der Waals surface area contributed by atoms with Crippen molar-refractivity contribution < 1.29 is 24.1 Å². The van der Waals surface area contributed by atoms with Gasteiger partial charge in [-0.25, -0.2) is 5.43 Å². The molecule has 0 saturated carbocycles. The van der Waals surface area contributed by atoms with Crippen LogP contribution in [0, 0.1) is 20.2 Å². The summed E-state index contributed by atoms with van der Waals surface area (Å²) in [6, 6.07) is 10.8. The van der Waals surface area contributed by atoms with Gasteiger partial charge in [-0.05, 0) is 48.9 Å². The summed E-state index contributed by atoms with van der Waals surface area (Å²) in [4.78, 5) is 36.6. The Balaban J connectivity index is 1.81. The highest BCUT2D eigenvalue weighted by molar-refractivity contribution is 5.94. The van der Waals surface area contributed by atoms with Crippen molar-refractivity contribution in [3.05, 3.63) is 92.3 Å². The second kappa shape index (κ2) is 10.4. The number of nitrogens with one attached hydrogen (secondary N) is 1. The molecule has 0 saturated heterocycles. The molecule has 168 valence electrons. The predicted molar refractivity (Wildman–Crippen MR) is 117 cm³/mol. The third-order valence-electron chi connectivity index (χ3n) is 4.16. The molecule has 0 aliphatic carbocycles. The third kappa shape index (κ3) is 5.85. The van der Waals surface area contributed by atoms with E-state index in [0.29, 0.717) is 11.1 Å². The first-order valence-electron chi connectivity index (χ1n) is 9.50. The van der Waals surface area contributed by atoms with Crippen LogP contribution in [-0.4, -0.2) is 33.6 Å². The summed E-state index contributed by atoms with van der Waals surface area (Å²) < 4.78 is 11.2. The fraction of sp³-hybridized carbons (Fsp3) is 0.0952. The fourth-order valence-corrected chi connectivity index (χ4v) is 2.66. The standard InChI is InChI=1S/C21H17N5O7/c1-2-32-20-11-14(13-23-24-21(27)15-7-9-22-10-8-15)3-5-19(20)33-18-6-4-16(25(28)29)12-17(18)26(30)31/h3-13H,2H2,1H3,(H,24,27)/b23-13+. The summed E-state index contributed by atoms with van der Waals surface area (Å²) in [6.07, 6.45) is 4.36. The normalized spacial score (nSPS) is 10.6. The molecule has 0 radical (unpaired) electrons. The van der Waals surface area contributed by atoms with E-state index in [9.17, 15) is 25.0 Å². The molecule has 0 aliphatic rings. The van der Waals surface area contributed by atoms with Gasteiger partial charge in [0, 0.05) is 24.0 Å². The summed E-state index contributed by atoms with van der Waals surface area (Å²) in [7, 11) is 0. The van der Waals surface area contributed by atoms with Gasteiger partial charge in [0.2, 0.25) is 5.75 Å². The number of nitro groups is 2. The SMILES string of the molecule is CCOc1cc(/C=N/NC(=O)c2ccncc2)ccc1Oc1ccc([N+](=O)[O-])cc1[N+](=O)[O-]. The quantitative estimate of drug-likeness (QED) is 0.292. The third-order valence-corrected chi connectivity index (χ3v) is 4.16. The Labute approximate surface area is 186 Å². The van der Waals surface area contributed by atoms with E-state index in [2.05, 4.69) is 15.5 Å². The Bertz CT molecular complexity index is 1210. The van der Waals surface area contributed by atoms with E-state index in [4.69, 9.17) is 9.47 Å². The van der Waals surface area contributed by atoms with Gasteiger partial charge in [-0.15, -0.1) is 0 Å². The molecule has 0 spiro atoms. The fourth-order valence-electron chi connectivity index (χ4n) is 2.66. The van der Waals surface area contributed by atoms with Crippen molar-refractivity contribution >= 4 is 23.5 Å². The molecular weight excluding hydrogens is 434 g/mol. The maximum absolute atomic E-state index is 12.0. The van der Waals surface area contributed by atoms with Crippen molar-refractivity contribution in [1.82, 2.24) is 10.4 Å². The van der Waals surface area contributed by atoms with Crippen molar-refractivity contribution in [2.75, 3.05) is 6.61 Å². The number of non-ortho nitro benzene ring substituents is 1. The minimum Gasteiger partial charge on any atom is -0.490 e.